The molecular formula is C12H14F2. The summed E-state index contributed by atoms with van der Waals surface area (Å²) in [7, 11) is 0. The summed E-state index contributed by atoms with van der Waals surface area (Å²) in [5, 5.41) is 0. The smallest absolute Gasteiger partial charge is 0.132 e. The van der Waals surface area contributed by atoms with Gasteiger partial charge in [0.2, 0.25) is 0 Å². The number of allylic oxidation sites excluding steroid dienone is 1. The van der Waals surface area contributed by atoms with Crippen LogP contribution in [0.5, 0.6) is 0 Å². The Morgan fingerprint density at radius 2 is 2.00 bits per heavy atom. The molecule has 0 N–H and O–H groups in total. The van der Waals surface area contributed by atoms with Gasteiger partial charge >= 0.3 is 0 Å². The van der Waals surface area contributed by atoms with E-state index in [1.54, 1.807) is 6.92 Å². The van der Waals surface area contributed by atoms with Crippen LogP contribution < -0.4 is 0 Å². The molecular weight excluding hydrogens is 182 g/mol. The number of hydrogen-bond acceptors (Lipinski definition) is 0. The minimum atomic E-state index is -0.484. The standard InChI is InChI=1S/C12H14F2/c1-4-9-5-6-11(13)10(12(9)14)7-8(2)3/h5-6H,2,4,7H2,1,3H3. The number of benzene rings is 1. The van der Waals surface area contributed by atoms with Crippen molar-refractivity contribution in [3.05, 3.63) is 47.0 Å². The molecule has 0 unspecified atom stereocenters. The predicted molar refractivity (Wildman–Crippen MR) is 54.3 cm³/mol. The summed E-state index contributed by atoms with van der Waals surface area (Å²) in [4.78, 5) is 0. The molecule has 76 valence electrons. The first kappa shape index (κ1) is 10.9. The van der Waals surface area contributed by atoms with Crippen LogP contribution in [0.4, 0.5) is 8.78 Å². The van der Waals surface area contributed by atoms with Gasteiger partial charge in [0.1, 0.15) is 11.6 Å². The fraction of sp³-hybridized carbons (Fsp3) is 0.333. The van der Waals surface area contributed by atoms with Gasteiger partial charge in [0.25, 0.3) is 0 Å². The van der Waals surface area contributed by atoms with Crippen molar-refractivity contribution in [2.45, 2.75) is 26.7 Å². The minimum Gasteiger partial charge on any atom is -0.207 e. The molecule has 0 aromatic heterocycles. The molecule has 2 heteroatoms. The molecule has 1 rings (SSSR count). The Morgan fingerprint density at radius 3 is 2.50 bits per heavy atom. The zero-order valence-electron chi connectivity index (χ0n) is 8.53. The van der Waals surface area contributed by atoms with Crippen molar-refractivity contribution in [3.8, 4) is 0 Å². The Labute approximate surface area is 83.3 Å². The maximum Gasteiger partial charge on any atom is 0.132 e. The van der Waals surface area contributed by atoms with Crippen LogP contribution in [0.2, 0.25) is 0 Å². The fourth-order valence-corrected chi connectivity index (χ4v) is 1.38. The van der Waals surface area contributed by atoms with Gasteiger partial charge in [-0.05, 0) is 31.4 Å². The van der Waals surface area contributed by atoms with Crippen LogP contribution in [0.25, 0.3) is 0 Å². The third kappa shape index (κ3) is 2.19. The highest BCUT2D eigenvalue weighted by Gasteiger charge is 2.12. The number of halogens is 2. The summed E-state index contributed by atoms with van der Waals surface area (Å²) >= 11 is 0. The summed E-state index contributed by atoms with van der Waals surface area (Å²) in [6, 6.07) is 2.81. The van der Waals surface area contributed by atoms with E-state index in [1.165, 1.54) is 12.1 Å². The maximum absolute atomic E-state index is 13.6. The van der Waals surface area contributed by atoms with E-state index in [2.05, 4.69) is 6.58 Å². The molecule has 0 saturated heterocycles. The molecule has 0 amide bonds. The van der Waals surface area contributed by atoms with Crippen molar-refractivity contribution in [2.75, 3.05) is 0 Å². The first-order chi connectivity index (χ1) is 6.56. The van der Waals surface area contributed by atoms with Crippen molar-refractivity contribution in [1.82, 2.24) is 0 Å². The highest BCUT2D eigenvalue weighted by molar-refractivity contribution is 5.30. The van der Waals surface area contributed by atoms with Crippen molar-refractivity contribution in [3.63, 3.8) is 0 Å². The average molecular weight is 196 g/mol. The van der Waals surface area contributed by atoms with Crippen LogP contribution in [0, 0.1) is 11.6 Å². The van der Waals surface area contributed by atoms with Gasteiger partial charge in [0.05, 0.1) is 0 Å². The van der Waals surface area contributed by atoms with E-state index in [4.69, 9.17) is 0 Å². The lowest BCUT2D eigenvalue weighted by Crippen LogP contribution is -2.00. The molecule has 0 bridgehead atoms. The Morgan fingerprint density at radius 1 is 1.36 bits per heavy atom. The molecule has 0 atom stereocenters. The van der Waals surface area contributed by atoms with E-state index >= 15 is 0 Å². The lowest BCUT2D eigenvalue weighted by molar-refractivity contribution is 0.551. The number of aryl methyl sites for hydroxylation is 1. The molecule has 0 heterocycles. The maximum atomic E-state index is 13.6. The molecule has 0 spiro atoms. The largest absolute Gasteiger partial charge is 0.207 e. The van der Waals surface area contributed by atoms with Crippen molar-refractivity contribution in [1.29, 1.82) is 0 Å². The van der Waals surface area contributed by atoms with Gasteiger partial charge in [0, 0.05) is 5.56 Å². The van der Waals surface area contributed by atoms with Gasteiger partial charge in [-0.3, -0.25) is 0 Å². The van der Waals surface area contributed by atoms with Crippen molar-refractivity contribution >= 4 is 0 Å². The number of hydrogen-bond donors (Lipinski definition) is 0. The molecule has 0 fully saturated rings. The van der Waals surface area contributed by atoms with E-state index in [1.807, 2.05) is 6.92 Å². The Balaban J connectivity index is 3.18. The van der Waals surface area contributed by atoms with Crippen LogP contribution in [-0.4, -0.2) is 0 Å². The van der Waals surface area contributed by atoms with Crippen LogP contribution >= 0.6 is 0 Å². The molecule has 0 aliphatic heterocycles. The molecule has 0 aliphatic rings. The van der Waals surface area contributed by atoms with Crippen LogP contribution in [0.1, 0.15) is 25.0 Å². The van der Waals surface area contributed by atoms with Crippen molar-refractivity contribution < 1.29 is 8.78 Å². The quantitative estimate of drug-likeness (QED) is 0.647. The molecule has 0 nitrogen and oxygen atoms in total. The van der Waals surface area contributed by atoms with Crippen LogP contribution in [-0.2, 0) is 12.8 Å². The van der Waals surface area contributed by atoms with Gasteiger partial charge < -0.3 is 0 Å². The first-order valence-corrected chi connectivity index (χ1v) is 4.66. The molecule has 0 saturated carbocycles. The summed E-state index contributed by atoms with van der Waals surface area (Å²) in [5.74, 6) is -0.904. The Hall–Kier alpha value is -1.18. The summed E-state index contributed by atoms with van der Waals surface area (Å²) in [6.45, 7) is 7.26. The summed E-state index contributed by atoms with van der Waals surface area (Å²) < 4.78 is 26.9. The lowest BCUT2D eigenvalue weighted by Gasteiger charge is -2.08. The average Bonchev–Trinajstić information content (AvgIpc) is 2.12. The van der Waals surface area contributed by atoms with Crippen LogP contribution in [0.3, 0.4) is 0 Å². The Kier molecular flexibility index (Phi) is 3.39. The monoisotopic (exact) mass is 196 g/mol. The van der Waals surface area contributed by atoms with E-state index in [0.29, 0.717) is 12.0 Å². The molecule has 0 aliphatic carbocycles. The second-order valence-electron chi connectivity index (χ2n) is 3.49. The first-order valence-electron chi connectivity index (χ1n) is 4.66. The van der Waals surface area contributed by atoms with Gasteiger partial charge in [-0.2, -0.15) is 0 Å². The molecule has 0 radical (unpaired) electrons. The highest BCUT2D eigenvalue weighted by atomic mass is 19.1. The third-order valence-electron chi connectivity index (χ3n) is 2.13. The van der Waals surface area contributed by atoms with Gasteiger partial charge in [0.15, 0.2) is 0 Å². The zero-order valence-corrected chi connectivity index (χ0v) is 8.53. The second kappa shape index (κ2) is 4.36. The minimum absolute atomic E-state index is 0.136. The molecule has 1 aromatic carbocycles. The third-order valence-corrected chi connectivity index (χ3v) is 2.13. The number of rotatable bonds is 3. The fourth-order valence-electron chi connectivity index (χ4n) is 1.38. The van der Waals surface area contributed by atoms with E-state index in [0.717, 1.165) is 5.57 Å². The van der Waals surface area contributed by atoms with Gasteiger partial charge in [-0.15, -0.1) is 0 Å². The topological polar surface area (TPSA) is 0 Å². The summed E-state index contributed by atoms with van der Waals surface area (Å²) in [5.41, 5.74) is 1.45. The normalized spacial score (nSPS) is 10.3. The zero-order chi connectivity index (χ0) is 10.7. The SMILES string of the molecule is C=C(C)Cc1c(F)ccc(CC)c1F. The van der Waals surface area contributed by atoms with E-state index in [-0.39, 0.29) is 12.0 Å². The van der Waals surface area contributed by atoms with Crippen molar-refractivity contribution in [2.24, 2.45) is 0 Å². The van der Waals surface area contributed by atoms with E-state index in [9.17, 15) is 8.78 Å². The van der Waals surface area contributed by atoms with E-state index < -0.39 is 11.6 Å². The predicted octanol–water partition coefficient (Wildman–Crippen LogP) is 3.65. The second-order valence-corrected chi connectivity index (χ2v) is 3.49. The summed E-state index contributed by atoms with van der Waals surface area (Å²) in [6.07, 6.45) is 0.848. The van der Waals surface area contributed by atoms with Gasteiger partial charge in [-0.1, -0.05) is 25.1 Å². The van der Waals surface area contributed by atoms with Gasteiger partial charge in [-0.25, -0.2) is 8.78 Å². The molecule has 14 heavy (non-hydrogen) atoms. The van der Waals surface area contributed by atoms with Crippen LogP contribution in [0.15, 0.2) is 24.3 Å². The highest BCUT2D eigenvalue weighted by Crippen LogP contribution is 2.19. The Bertz CT molecular complexity index is 354. The molecule has 1 aromatic rings. The lowest BCUT2D eigenvalue weighted by atomic mass is 10.0.